The molecule has 1 aromatic carbocycles. The summed E-state index contributed by atoms with van der Waals surface area (Å²) in [6.45, 7) is 5.68. The molecule has 3 heteroatoms. The van der Waals surface area contributed by atoms with Crippen molar-refractivity contribution in [2.45, 2.75) is 26.3 Å². The summed E-state index contributed by atoms with van der Waals surface area (Å²) >= 11 is 0. The third-order valence-electron chi connectivity index (χ3n) is 3.14. The van der Waals surface area contributed by atoms with Crippen molar-refractivity contribution in [2.75, 3.05) is 13.2 Å². The number of rotatable bonds is 7. The molecule has 0 spiro atoms. The second-order valence-electron chi connectivity index (χ2n) is 4.63. The van der Waals surface area contributed by atoms with E-state index in [0.717, 1.165) is 18.7 Å². The lowest BCUT2D eigenvalue weighted by molar-refractivity contribution is 0.325. The van der Waals surface area contributed by atoms with Crippen molar-refractivity contribution in [3.05, 3.63) is 59.8 Å². The zero-order valence-electron chi connectivity index (χ0n) is 12.2. The van der Waals surface area contributed by atoms with E-state index in [1.165, 1.54) is 5.56 Å². The lowest BCUT2D eigenvalue weighted by Crippen LogP contribution is -2.23. The van der Waals surface area contributed by atoms with Crippen LogP contribution in [-0.4, -0.2) is 18.1 Å². The van der Waals surface area contributed by atoms with Crippen LogP contribution in [0, 0.1) is 0 Å². The van der Waals surface area contributed by atoms with Crippen LogP contribution >= 0.6 is 0 Å². The quantitative estimate of drug-likeness (QED) is 0.837. The van der Waals surface area contributed by atoms with Gasteiger partial charge in [0.25, 0.3) is 0 Å². The standard InChI is InChI=1S/C17H22N2O/c1-3-18-16(14-9-6-5-7-10-14)13-15-11-8-12-17(19-15)20-4-2/h5-12,16,18H,3-4,13H2,1-2H3. The van der Waals surface area contributed by atoms with E-state index >= 15 is 0 Å². The molecule has 0 saturated heterocycles. The molecule has 1 aromatic heterocycles. The van der Waals surface area contributed by atoms with E-state index in [0.29, 0.717) is 12.5 Å². The highest BCUT2D eigenvalue weighted by molar-refractivity contribution is 5.23. The van der Waals surface area contributed by atoms with Gasteiger partial charge in [0, 0.05) is 24.2 Å². The van der Waals surface area contributed by atoms with E-state index in [9.17, 15) is 0 Å². The van der Waals surface area contributed by atoms with Gasteiger partial charge in [-0.15, -0.1) is 0 Å². The highest BCUT2D eigenvalue weighted by Crippen LogP contribution is 2.18. The average molecular weight is 270 g/mol. The van der Waals surface area contributed by atoms with E-state index in [4.69, 9.17) is 4.74 Å². The molecule has 106 valence electrons. The van der Waals surface area contributed by atoms with Gasteiger partial charge in [0.05, 0.1) is 6.61 Å². The molecule has 0 aliphatic carbocycles. The van der Waals surface area contributed by atoms with Crippen molar-refractivity contribution < 1.29 is 4.74 Å². The van der Waals surface area contributed by atoms with Crippen molar-refractivity contribution in [2.24, 2.45) is 0 Å². The van der Waals surface area contributed by atoms with E-state index in [-0.39, 0.29) is 6.04 Å². The molecule has 0 bridgehead atoms. The Kier molecular flexibility index (Phi) is 5.56. The van der Waals surface area contributed by atoms with Gasteiger partial charge in [-0.2, -0.15) is 0 Å². The number of aromatic nitrogens is 1. The molecular weight excluding hydrogens is 248 g/mol. The monoisotopic (exact) mass is 270 g/mol. The Morgan fingerprint density at radius 2 is 1.85 bits per heavy atom. The topological polar surface area (TPSA) is 34.1 Å². The number of nitrogens with one attached hydrogen (secondary N) is 1. The summed E-state index contributed by atoms with van der Waals surface area (Å²) < 4.78 is 5.46. The third kappa shape index (κ3) is 4.07. The number of ether oxygens (including phenoxy) is 1. The molecule has 1 N–H and O–H groups in total. The minimum absolute atomic E-state index is 0.283. The SMILES string of the molecule is CCNC(Cc1cccc(OCC)n1)c1ccccc1. The van der Waals surface area contributed by atoms with Crippen LogP contribution in [0.5, 0.6) is 5.88 Å². The average Bonchev–Trinajstić information content (AvgIpc) is 2.48. The van der Waals surface area contributed by atoms with E-state index < -0.39 is 0 Å². The maximum atomic E-state index is 5.46. The molecule has 0 amide bonds. The van der Waals surface area contributed by atoms with Crippen LogP contribution in [0.2, 0.25) is 0 Å². The van der Waals surface area contributed by atoms with E-state index in [2.05, 4.69) is 47.6 Å². The van der Waals surface area contributed by atoms with E-state index in [1.54, 1.807) is 0 Å². The minimum atomic E-state index is 0.283. The maximum absolute atomic E-state index is 5.46. The van der Waals surface area contributed by atoms with Gasteiger partial charge in [-0.3, -0.25) is 0 Å². The zero-order valence-corrected chi connectivity index (χ0v) is 12.2. The van der Waals surface area contributed by atoms with Crippen molar-refractivity contribution >= 4 is 0 Å². The molecule has 1 heterocycles. The first-order valence-electron chi connectivity index (χ1n) is 7.20. The number of likely N-dealkylation sites (N-methyl/N-ethyl adjacent to an activating group) is 1. The summed E-state index contributed by atoms with van der Waals surface area (Å²) in [5.74, 6) is 0.702. The van der Waals surface area contributed by atoms with Crippen LogP contribution in [-0.2, 0) is 6.42 Å². The second kappa shape index (κ2) is 7.65. The van der Waals surface area contributed by atoms with Crippen molar-refractivity contribution in [3.63, 3.8) is 0 Å². The minimum Gasteiger partial charge on any atom is -0.478 e. The summed E-state index contributed by atoms with van der Waals surface area (Å²) in [5, 5.41) is 3.52. The molecule has 0 fully saturated rings. The normalized spacial score (nSPS) is 12.1. The lowest BCUT2D eigenvalue weighted by atomic mass is 10.0. The van der Waals surface area contributed by atoms with Crippen LogP contribution in [0.25, 0.3) is 0 Å². The van der Waals surface area contributed by atoms with Crippen LogP contribution in [0.1, 0.15) is 31.1 Å². The van der Waals surface area contributed by atoms with Crippen LogP contribution in [0.4, 0.5) is 0 Å². The summed E-state index contributed by atoms with van der Waals surface area (Å²) in [6.07, 6.45) is 0.860. The molecule has 3 nitrogen and oxygen atoms in total. The molecule has 1 atom stereocenters. The Balaban J connectivity index is 2.14. The Labute approximate surface area is 121 Å². The van der Waals surface area contributed by atoms with Gasteiger partial charge in [0.1, 0.15) is 0 Å². The lowest BCUT2D eigenvalue weighted by Gasteiger charge is -2.18. The maximum Gasteiger partial charge on any atom is 0.213 e. The van der Waals surface area contributed by atoms with Gasteiger partial charge in [0.2, 0.25) is 5.88 Å². The predicted octanol–water partition coefficient (Wildman–Crippen LogP) is 3.37. The molecule has 0 aliphatic heterocycles. The first-order valence-corrected chi connectivity index (χ1v) is 7.20. The molecule has 1 unspecified atom stereocenters. The van der Waals surface area contributed by atoms with Gasteiger partial charge in [-0.05, 0) is 25.1 Å². The van der Waals surface area contributed by atoms with Gasteiger partial charge in [-0.25, -0.2) is 4.98 Å². The molecule has 0 saturated carbocycles. The fraction of sp³-hybridized carbons (Fsp3) is 0.353. The smallest absolute Gasteiger partial charge is 0.213 e. The number of hydrogen-bond acceptors (Lipinski definition) is 3. The number of pyridine rings is 1. The molecule has 0 radical (unpaired) electrons. The molecule has 0 aliphatic rings. The highest BCUT2D eigenvalue weighted by atomic mass is 16.5. The number of benzene rings is 1. The van der Waals surface area contributed by atoms with Crippen LogP contribution in [0.3, 0.4) is 0 Å². The van der Waals surface area contributed by atoms with Crippen molar-refractivity contribution in [1.29, 1.82) is 0 Å². The zero-order chi connectivity index (χ0) is 14.2. The summed E-state index contributed by atoms with van der Waals surface area (Å²) in [6, 6.07) is 16.7. The van der Waals surface area contributed by atoms with Crippen molar-refractivity contribution in [3.8, 4) is 5.88 Å². The van der Waals surface area contributed by atoms with Crippen LogP contribution in [0.15, 0.2) is 48.5 Å². The van der Waals surface area contributed by atoms with Gasteiger partial charge >= 0.3 is 0 Å². The predicted molar refractivity (Wildman–Crippen MR) is 82.0 cm³/mol. The summed E-state index contributed by atoms with van der Waals surface area (Å²) in [4.78, 5) is 4.55. The van der Waals surface area contributed by atoms with Gasteiger partial charge in [0.15, 0.2) is 0 Å². The Morgan fingerprint density at radius 3 is 2.55 bits per heavy atom. The molecule has 20 heavy (non-hydrogen) atoms. The fourth-order valence-corrected chi connectivity index (χ4v) is 2.25. The molecule has 2 aromatic rings. The Morgan fingerprint density at radius 1 is 1.05 bits per heavy atom. The largest absolute Gasteiger partial charge is 0.478 e. The Hall–Kier alpha value is -1.87. The summed E-state index contributed by atoms with van der Waals surface area (Å²) in [7, 11) is 0. The molecule has 2 rings (SSSR count). The van der Waals surface area contributed by atoms with Crippen molar-refractivity contribution in [1.82, 2.24) is 10.3 Å². The summed E-state index contributed by atoms with van der Waals surface area (Å²) in [5.41, 5.74) is 2.34. The van der Waals surface area contributed by atoms with Gasteiger partial charge in [-0.1, -0.05) is 43.3 Å². The van der Waals surface area contributed by atoms with Crippen LogP contribution < -0.4 is 10.1 Å². The highest BCUT2D eigenvalue weighted by Gasteiger charge is 2.12. The second-order valence-corrected chi connectivity index (χ2v) is 4.63. The third-order valence-corrected chi connectivity index (χ3v) is 3.14. The van der Waals surface area contributed by atoms with E-state index in [1.807, 2.05) is 25.1 Å². The van der Waals surface area contributed by atoms with Gasteiger partial charge < -0.3 is 10.1 Å². The first kappa shape index (κ1) is 14.5. The number of nitrogens with zero attached hydrogens (tertiary/aromatic N) is 1. The fourth-order valence-electron chi connectivity index (χ4n) is 2.25. The number of hydrogen-bond donors (Lipinski definition) is 1. The first-order chi connectivity index (χ1) is 9.83. The Bertz CT molecular complexity index is 513. The molecular formula is C17H22N2O.